The molecular weight excluding hydrogens is 244 g/mol. The monoisotopic (exact) mass is 260 g/mol. The maximum Gasteiger partial charge on any atom is 0.273 e. The molecule has 0 aliphatic heterocycles. The van der Waals surface area contributed by atoms with E-state index in [9.17, 15) is 10.1 Å². The van der Waals surface area contributed by atoms with Gasteiger partial charge in [-0.15, -0.1) is 0 Å². The van der Waals surface area contributed by atoms with Crippen LogP contribution in [0.2, 0.25) is 0 Å². The molecule has 0 saturated carbocycles. The molecule has 1 N–H and O–H groups in total. The fourth-order valence-electron chi connectivity index (χ4n) is 1.77. The summed E-state index contributed by atoms with van der Waals surface area (Å²) in [6.07, 6.45) is 1.81. The number of nitro groups is 1. The van der Waals surface area contributed by atoms with Gasteiger partial charge in [-0.05, 0) is 18.1 Å². The van der Waals surface area contributed by atoms with Gasteiger partial charge in [0.2, 0.25) is 0 Å². The highest BCUT2D eigenvalue weighted by Crippen LogP contribution is 2.23. The minimum Gasteiger partial charge on any atom is -0.388 e. The Kier molecular flexibility index (Phi) is 3.50. The number of non-ortho nitro benzene ring substituents is 1. The summed E-state index contributed by atoms with van der Waals surface area (Å²) in [5.74, 6) is 0.323. The number of aromatic nitrogens is 2. The Morgan fingerprint density at radius 3 is 2.63 bits per heavy atom. The third-order valence-electron chi connectivity index (χ3n) is 2.87. The lowest BCUT2D eigenvalue weighted by Crippen LogP contribution is -2.00. The number of nitrogens with one attached hydrogen (secondary N) is 1. The maximum atomic E-state index is 10.9. The van der Waals surface area contributed by atoms with Crippen LogP contribution in [0.3, 0.4) is 0 Å². The van der Waals surface area contributed by atoms with Crippen LogP contribution in [0.5, 0.6) is 0 Å². The molecule has 1 heterocycles. The van der Waals surface area contributed by atoms with Gasteiger partial charge in [0.05, 0.1) is 16.3 Å². The van der Waals surface area contributed by atoms with E-state index in [1.54, 1.807) is 11.7 Å². The van der Waals surface area contributed by atoms with E-state index in [-0.39, 0.29) is 5.69 Å². The second-order valence-electron chi connectivity index (χ2n) is 4.59. The van der Waals surface area contributed by atoms with Crippen LogP contribution in [0.25, 0.3) is 5.69 Å². The molecule has 0 amide bonds. The summed E-state index contributed by atoms with van der Waals surface area (Å²) >= 11 is 0. The Labute approximate surface area is 111 Å². The van der Waals surface area contributed by atoms with Gasteiger partial charge in [0, 0.05) is 31.1 Å². The number of hydrogen-bond donors (Lipinski definition) is 1. The van der Waals surface area contributed by atoms with Crippen molar-refractivity contribution >= 4 is 11.4 Å². The fourth-order valence-corrected chi connectivity index (χ4v) is 1.77. The molecule has 0 bridgehead atoms. The molecule has 0 radical (unpaired) electrons. The molecule has 2 rings (SSSR count). The van der Waals surface area contributed by atoms with Crippen molar-refractivity contribution in [2.75, 3.05) is 12.4 Å². The van der Waals surface area contributed by atoms with E-state index in [1.807, 2.05) is 18.3 Å². The Bertz CT molecular complexity index is 604. The van der Waals surface area contributed by atoms with Crippen LogP contribution in [0.4, 0.5) is 11.4 Å². The summed E-state index contributed by atoms with van der Waals surface area (Å²) in [5, 5.41) is 18.3. The van der Waals surface area contributed by atoms with Crippen LogP contribution >= 0.6 is 0 Å². The SMILES string of the molecule is CNc1cc(-n2ccc(C(C)C)n2)cc([N+](=O)[O-])c1. The molecule has 0 saturated heterocycles. The van der Waals surface area contributed by atoms with E-state index in [2.05, 4.69) is 24.3 Å². The molecule has 2 aromatic rings. The Morgan fingerprint density at radius 2 is 2.11 bits per heavy atom. The number of benzene rings is 1. The topological polar surface area (TPSA) is 73.0 Å². The highest BCUT2D eigenvalue weighted by atomic mass is 16.6. The zero-order valence-electron chi connectivity index (χ0n) is 11.1. The lowest BCUT2D eigenvalue weighted by Gasteiger charge is -2.06. The van der Waals surface area contributed by atoms with E-state index < -0.39 is 4.92 Å². The Morgan fingerprint density at radius 1 is 1.37 bits per heavy atom. The third kappa shape index (κ3) is 2.73. The molecule has 0 atom stereocenters. The zero-order valence-corrected chi connectivity index (χ0v) is 11.1. The maximum absolute atomic E-state index is 10.9. The second kappa shape index (κ2) is 5.09. The molecular formula is C13H16N4O2. The normalized spacial score (nSPS) is 10.7. The quantitative estimate of drug-likeness (QED) is 0.677. The molecule has 6 nitrogen and oxygen atoms in total. The summed E-state index contributed by atoms with van der Waals surface area (Å²) in [5.41, 5.74) is 2.36. The van der Waals surface area contributed by atoms with E-state index >= 15 is 0 Å². The molecule has 0 spiro atoms. The molecule has 19 heavy (non-hydrogen) atoms. The fraction of sp³-hybridized carbons (Fsp3) is 0.308. The minimum atomic E-state index is -0.406. The van der Waals surface area contributed by atoms with Gasteiger partial charge in [-0.3, -0.25) is 10.1 Å². The van der Waals surface area contributed by atoms with Crippen LogP contribution in [0.1, 0.15) is 25.5 Å². The summed E-state index contributed by atoms with van der Waals surface area (Å²) in [4.78, 5) is 10.5. The van der Waals surface area contributed by atoms with Crippen LogP contribution < -0.4 is 5.32 Å². The van der Waals surface area contributed by atoms with Gasteiger partial charge >= 0.3 is 0 Å². The lowest BCUT2D eigenvalue weighted by atomic mass is 10.1. The first kappa shape index (κ1) is 13.1. The van der Waals surface area contributed by atoms with Crippen molar-refractivity contribution in [2.45, 2.75) is 19.8 Å². The highest BCUT2D eigenvalue weighted by molar-refractivity contribution is 5.58. The Hall–Kier alpha value is -2.37. The van der Waals surface area contributed by atoms with Crippen LogP contribution in [-0.2, 0) is 0 Å². The van der Waals surface area contributed by atoms with E-state index in [4.69, 9.17) is 0 Å². The third-order valence-corrected chi connectivity index (χ3v) is 2.87. The molecule has 1 aromatic carbocycles. The zero-order chi connectivity index (χ0) is 14.0. The molecule has 0 unspecified atom stereocenters. The number of rotatable bonds is 4. The predicted octanol–water partition coefficient (Wildman–Crippen LogP) is 2.95. The largest absolute Gasteiger partial charge is 0.388 e. The van der Waals surface area contributed by atoms with Crippen molar-refractivity contribution in [3.8, 4) is 5.69 Å². The number of hydrogen-bond acceptors (Lipinski definition) is 4. The molecule has 0 fully saturated rings. The van der Waals surface area contributed by atoms with Gasteiger partial charge in [-0.25, -0.2) is 4.68 Å². The summed E-state index contributed by atoms with van der Waals surface area (Å²) < 4.78 is 1.66. The highest BCUT2D eigenvalue weighted by Gasteiger charge is 2.12. The molecule has 6 heteroatoms. The average molecular weight is 260 g/mol. The molecule has 1 aromatic heterocycles. The Balaban J connectivity index is 2.48. The first-order valence-corrected chi connectivity index (χ1v) is 6.04. The van der Waals surface area contributed by atoms with E-state index in [0.717, 1.165) is 5.69 Å². The summed E-state index contributed by atoms with van der Waals surface area (Å²) in [7, 11) is 1.73. The van der Waals surface area contributed by atoms with Crippen LogP contribution in [0, 0.1) is 10.1 Å². The van der Waals surface area contributed by atoms with E-state index in [1.165, 1.54) is 12.1 Å². The van der Waals surface area contributed by atoms with Crippen LogP contribution in [0.15, 0.2) is 30.5 Å². The van der Waals surface area contributed by atoms with E-state index in [0.29, 0.717) is 17.3 Å². The predicted molar refractivity (Wildman–Crippen MR) is 73.9 cm³/mol. The van der Waals surface area contributed by atoms with Gasteiger partial charge in [0.25, 0.3) is 5.69 Å². The van der Waals surface area contributed by atoms with Crippen molar-refractivity contribution in [1.29, 1.82) is 0 Å². The number of nitro benzene ring substituents is 1. The second-order valence-corrected chi connectivity index (χ2v) is 4.59. The summed E-state index contributed by atoms with van der Waals surface area (Å²) in [6.45, 7) is 4.11. The van der Waals surface area contributed by atoms with Crippen molar-refractivity contribution in [1.82, 2.24) is 9.78 Å². The van der Waals surface area contributed by atoms with Crippen molar-refractivity contribution in [3.05, 3.63) is 46.3 Å². The van der Waals surface area contributed by atoms with Crippen molar-refractivity contribution < 1.29 is 4.92 Å². The first-order valence-electron chi connectivity index (χ1n) is 6.04. The van der Waals surface area contributed by atoms with Gasteiger partial charge in [-0.2, -0.15) is 5.10 Å². The van der Waals surface area contributed by atoms with Gasteiger partial charge in [0.15, 0.2) is 0 Å². The molecule has 0 aliphatic carbocycles. The van der Waals surface area contributed by atoms with Gasteiger partial charge in [-0.1, -0.05) is 13.8 Å². The standard InChI is InChI=1S/C13H16N4O2/c1-9(2)13-4-5-16(15-13)11-6-10(14-3)7-12(8-11)17(18)19/h4-9,14H,1-3H3. The molecule has 0 aliphatic rings. The molecule has 100 valence electrons. The summed E-state index contributed by atoms with van der Waals surface area (Å²) in [6, 6.07) is 6.75. The van der Waals surface area contributed by atoms with Crippen molar-refractivity contribution in [3.63, 3.8) is 0 Å². The van der Waals surface area contributed by atoms with Crippen molar-refractivity contribution in [2.24, 2.45) is 0 Å². The van der Waals surface area contributed by atoms with Gasteiger partial charge < -0.3 is 5.32 Å². The van der Waals surface area contributed by atoms with Crippen LogP contribution in [-0.4, -0.2) is 21.8 Å². The lowest BCUT2D eigenvalue weighted by molar-refractivity contribution is -0.384. The average Bonchev–Trinajstić information content (AvgIpc) is 2.87. The first-order chi connectivity index (χ1) is 9.01. The minimum absolute atomic E-state index is 0.0449. The number of anilines is 1. The van der Waals surface area contributed by atoms with Gasteiger partial charge in [0.1, 0.15) is 0 Å². The smallest absolute Gasteiger partial charge is 0.273 e. The number of nitrogens with zero attached hydrogens (tertiary/aromatic N) is 3.